The summed E-state index contributed by atoms with van der Waals surface area (Å²) >= 11 is 5.65. The van der Waals surface area contributed by atoms with Crippen LogP contribution in [-0.2, 0) is 19.5 Å². The van der Waals surface area contributed by atoms with E-state index in [1.54, 1.807) is 0 Å². The van der Waals surface area contributed by atoms with Gasteiger partial charge in [0.2, 0.25) is 0 Å². The third kappa shape index (κ3) is 2.38. The predicted molar refractivity (Wildman–Crippen MR) is 35.9 cm³/mol. The first-order chi connectivity index (χ1) is 3.80. The van der Waals surface area contributed by atoms with Crippen molar-refractivity contribution in [3.05, 3.63) is 41.8 Å². The van der Waals surface area contributed by atoms with E-state index in [4.69, 9.17) is 11.6 Å². The molecule has 0 fully saturated rings. The van der Waals surface area contributed by atoms with Gasteiger partial charge in [0.15, 0.2) is 0 Å². The number of rotatable bonds is 0. The van der Waals surface area contributed by atoms with Gasteiger partial charge in [-0.2, -0.15) is 30.2 Å². The third-order valence-corrected chi connectivity index (χ3v) is 1.33. The molecule has 0 atom stereocenters. The SMILES string of the molecule is [CH2-]c1ccccc1Cl.[Zn+2]. The van der Waals surface area contributed by atoms with Crippen molar-refractivity contribution in [2.24, 2.45) is 0 Å². The summed E-state index contributed by atoms with van der Waals surface area (Å²) < 4.78 is 0. The molecule has 0 aromatic heterocycles. The first-order valence-electron chi connectivity index (χ1n) is 2.37. The summed E-state index contributed by atoms with van der Waals surface area (Å²) in [5.41, 5.74) is 0.883. The Morgan fingerprint density at radius 3 is 2.11 bits per heavy atom. The maximum absolute atomic E-state index is 5.65. The van der Waals surface area contributed by atoms with Gasteiger partial charge >= 0.3 is 19.5 Å². The van der Waals surface area contributed by atoms with E-state index in [9.17, 15) is 0 Å². The molecule has 9 heavy (non-hydrogen) atoms. The molecule has 0 bridgehead atoms. The predicted octanol–water partition coefficient (Wildman–Crippen LogP) is 2.52. The van der Waals surface area contributed by atoms with Gasteiger partial charge in [-0.15, -0.1) is 12.1 Å². The van der Waals surface area contributed by atoms with Crippen LogP contribution in [0.1, 0.15) is 5.56 Å². The molecule has 0 unspecified atom stereocenters. The Labute approximate surface area is 73.0 Å². The second kappa shape index (κ2) is 3.92. The molecule has 1 aromatic carbocycles. The van der Waals surface area contributed by atoms with Crippen LogP contribution < -0.4 is 0 Å². The minimum absolute atomic E-state index is 0. The Bertz CT molecular complexity index is 165. The summed E-state index contributed by atoms with van der Waals surface area (Å²) in [5.74, 6) is 0. The van der Waals surface area contributed by atoms with Gasteiger partial charge in [0.25, 0.3) is 0 Å². The second-order valence-corrected chi connectivity index (χ2v) is 2.00. The van der Waals surface area contributed by atoms with E-state index in [-0.39, 0.29) is 19.5 Å². The van der Waals surface area contributed by atoms with Gasteiger partial charge in [-0.3, -0.25) is 0 Å². The Morgan fingerprint density at radius 1 is 1.22 bits per heavy atom. The van der Waals surface area contributed by atoms with Gasteiger partial charge in [-0.05, 0) is 0 Å². The van der Waals surface area contributed by atoms with Crippen molar-refractivity contribution in [2.75, 3.05) is 0 Å². The maximum Gasteiger partial charge on any atom is 2.00 e. The first-order valence-corrected chi connectivity index (χ1v) is 2.75. The number of hydrogen-bond acceptors (Lipinski definition) is 0. The van der Waals surface area contributed by atoms with Crippen LogP contribution in [0.3, 0.4) is 0 Å². The molecule has 2 heteroatoms. The molecule has 42 valence electrons. The van der Waals surface area contributed by atoms with Crippen LogP contribution in [0.5, 0.6) is 0 Å². The van der Waals surface area contributed by atoms with Crippen LogP contribution in [0.4, 0.5) is 0 Å². The normalized spacial score (nSPS) is 8.11. The molecule has 0 radical (unpaired) electrons. The van der Waals surface area contributed by atoms with E-state index in [0.29, 0.717) is 0 Å². The zero-order chi connectivity index (χ0) is 5.98. The van der Waals surface area contributed by atoms with E-state index >= 15 is 0 Å². The Hall–Kier alpha value is 0.00338. The average Bonchev–Trinajstić information content (AvgIpc) is 1.77. The topological polar surface area (TPSA) is 0 Å². The second-order valence-electron chi connectivity index (χ2n) is 1.59. The van der Waals surface area contributed by atoms with Gasteiger partial charge in [-0.1, -0.05) is 11.1 Å². The van der Waals surface area contributed by atoms with E-state index in [2.05, 4.69) is 6.92 Å². The molecule has 0 aliphatic rings. The molecule has 0 spiro atoms. The van der Waals surface area contributed by atoms with Crippen LogP contribution in [0.15, 0.2) is 24.3 Å². The van der Waals surface area contributed by atoms with E-state index in [1.807, 2.05) is 24.3 Å². The van der Waals surface area contributed by atoms with Crippen molar-refractivity contribution in [3.63, 3.8) is 0 Å². The molecule has 0 aliphatic heterocycles. The van der Waals surface area contributed by atoms with Crippen molar-refractivity contribution < 1.29 is 19.5 Å². The monoisotopic (exact) mass is 189 g/mol. The van der Waals surface area contributed by atoms with Crippen LogP contribution in [0.2, 0.25) is 5.02 Å². The smallest absolute Gasteiger partial charge is 0.197 e. The fraction of sp³-hybridized carbons (Fsp3) is 0. The molecule has 1 rings (SSSR count). The molecular weight excluding hydrogens is 185 g/mol. The summed E-state index contributed by atoms with van der Waals surface area (Å²) in [6.07, 6.45) is 0. The Balaban J connectivity index is 0.000000640. The molecule has 0 amide bonds. The van der Waals surface area contributed by atoms with Crippen molar-refractivity contribution in [1.29, 1.82) is 0 Å². The van der Waals surface area contributed by atoms with Crippen molar-refractivity contribution in [3.8, 4) is 0 Å². The van der Waals surface area contributed by atoms with Crippen LogP contribution in [0.25, 0.3) is 0 Å². The summed E-state index contributed by atoms with van der Waals surface area (Å²) in [6.45, 7) is 3.69. The molecule has 1 aromatic rings. The van der Waals surface area contributed by atoms with Gasteiger partial charge in [-0.25, -0.2) is 0 Å². The van der Waals surface area contributed by atoms with Crippen LogP contribution >= 0.6 is 11.6 Å². The minimum Gasteiger partial charge on any atom is -0.197 e. The Morgan fingerprint density at radius 2 is 1.78 bits per heavy atom. The van der Waals surface area contributed by atoms with Crippen LogP contribution in [-0.4, -0.2) is 0 Å². The quantitative estimate of drug-likeness (QED) is 0.436. The standard InChI is InChI=1S/C7H6Cl.Zn/c1-6-4-2-3-5-7(6)8;/h2-5H,1H2;/q-1;+2. The molecule has 0 saturated carbocycles. The first kappa shape index (κ1) is 9.00. The molecular formula is C7H6ClZn+. The third-order valence-electron chi connectivity index (χ3n) is 0.958. The summed E-state index contributed by atoms with van der Waals surface area (Å²) in [7, 11) is 0. The fourth-order valence-electron chi connectivity index (χ4n) is 0.498. The largest absolute Gasteiger partial charge is 2.00 e. The summed E-state index contributed by atoms with van der Waals surface area (Å²) in [6, 6.07) is 7.50. The van der Waals surface area contributed by atoms with Gasteiger partial charge < -0.3 is 0 Å². The summed E-state index contributed by atoms with van der Waals surface area (Å²) in [4.78, 5) is 0. The van der Waals surface area contributed by atoms with E-state index in [0.717, 1.165) is 10.6 Å². The molecule has 0 N–H and O–H groups in total. The van der Waals surface area contributed by atoms with Crippen molar-refractivity contribution in [2.45, 2.75) is 0 Å². The Kier molecular flexibility index (Phi) is 3.92. The molecule has 0 aliphatic carbocycles. The van der Waals surface area contributed by atoms with Gasteiger partial charge in [0, 0.05) is 0 Å². The maximum atomic E-state index is 5.65. The molecule has 0 nitrogen and oxygen atoms in total. The zero-order valence-corrected chi connectivity index (χ0v) is 8.82. The summed E-state index contributed by atoms with van der Waals surface area (Å²) in [5, 5.41) is 0.729. The van der Waals surface area contributed by atoms with E-state index in [1.165, 1.54) is 0 Å². The number of benzene rings is 1. The van der Waals surface area contributed by atoms with Crippen molar-refractivity contribution >= 4 is 11.6 Å². The average molecular weight is 191 g/mol. The molecule has 0 heterocycles. The van der Waals surface area contributed by atoms with E-state index < -0.39 is 0 Å². The molecule has 0 saturated heterocycles. The fourth-order valence-corrected chi connectivity index (χ4v) is 0.634. The zero-order valence-electron chi connectivity index (χ0n) is 5.10. The van der Waals surface area contributed by atoms with Gasteiger partial charge in [0.05, 0.1) is 0 Å². The minimum atomic E-state index is 0. The number of hydrogen-bond donors (Lipinski definition) is 0. The van der Waals surface area contributed by atoms with Gasteiger partial charge in [0.1, 0.15) is 0 Å². The number of halogens is 1. The van der Waals surface area contributed by atoms with Crippen LogP contribution in [0, 0.1) is 6.92 Å². The van der Waals surface area contributed by atoms with Crippen molar-refractivity contribution in [1.82, 2.24) is 0 Å².